The maximum absolute atomic E-state index is 6.39. The van der Waals surface area contributed by atoms with Gasteiger partial charge in [0.2, 0.25) is 0 Å². The van der Waals surface area contributed by atoms with Crippen LogP contribution in [-0.4, -0.2) is 6.61 Å². The summed E-state index contributed by atoms with van der Waals surface area (Å²) in [4.78, 5) is 0. The van der Waals surface area contributed by atoms with Gasteiger partial charge < -0.3 is 4.74 Å². The highest BCUT2D eigenvalue weighted by molar-refractivity contribution is 5.40. The van der Waals surface area contributed by atoms with Gasteiger partial charge in [-0.2, -0.15) is 0 Å². The molecule has 1 fully saturated rings. The Hall–Kier alpha value is -2.38. The van der Waals surface area contributed by atoms with Crippen LogP contribution in [0.3, 0.4) is 0 Å². The van der Waals surface area contributed by atoms with E-state index in [4.69, 9.17) is 4.74 Å². The maximum Gasteiger partial charge on any atom is 0.0826 e. The number of hydrogen-bond acceptors (Lipinski definition) is 1. The zero-order valence-corrected chi connectivity index (χ0v) is 13.8. The maximum atomic E-state index is 6.39. The van der Waals surface area contributed by atoms with Crippen molar-refractivity contribution in [2.45, 2.75) is 24.4 Å². The van der Waals surface area contributed by atoms with Crippen molar-refractivity contribution in [3.8, 4) is 0 Å². The Bertz CT molecular complexity index is 715. The second-order valence-electron chi connectivity index (χ2n) is 6.56. The highest BCUT2D eigenvalue weighted by Gasteiger charge is 2.39. The summed E-state index contributed by atoms with van der Waals surface area (Å²) in [6, 6.07) is 32.2. The van der Waals surface area contributed by atoms with Crippen molar-refractivity contribution in [2.24, 2.45) is 0 Å². The normalized spacial score (nSPS) is 19.8. The molecule has 0 spiro atoms. The van der Waals surface area contributed by atoms with Gasteiger partial charge in [0.15, 0.2) is 0 Å². The van der Waals surface area contributed by atoms with Crippen molar-refractivity contribution in [1.82, 2.24) is 0 Å². The van der Waals surface area contributed by atoms with E-state index in [9.17, 15) is 0 Å². The molecule has 24 heavy (non-hydrogen) atoms. The molecule has 1 atom stereocenters. The van der Waals surface area contributed by atoms with Crippen LogP contribution in [0.15, 0.2) is 91.0 Å². The first kappa shape index (κ1) is 15.2. The number of ether oxygens (including phenoxy) is 1. The lowest BCUT2D eigenvalue weighted by atomic mass is 9.70. The predicted molar refractivity (Wildman–Crippen MR) is 98.0 cm³/mol. The molecule has 1 unspecified atom stereocenters. The summed E-state index contributed by atoms with van der Waals surface area (Å²) in [7, 11) is 0. The van der Waals surface area contributed by atoms with Gasteiger partial charge in [-0.3, -0.25) is 0 Å². The Morgan fingerprint density at radius 3 is 1.62 bits per heavy atom. The number of rotatable bonds is 3. The Morgan fingerprint density at radius 1 is 0.667 bits per heavy atom. The van der Waals surface area contributed by atoms with Crippen LogP contribution in [0.4, 0.5) is 0 Å². The Morgan fingerprint density at radius 2 is 1.17 bits per heavy atom. The molecule has 1 aliphatic heterocycles. The van der Waals surface area contributed by atoms with Crippen molar-refractivity contribution >= 4 is 0 Å². The van der Waals surface area contributed by atoms with E-state index in [-0.39, 0.29) is 11.5 Å². The third-order valence-corrected chi connectivity index (χ3v) is 5.19. The van der Waals surface area contributed by atoms with Crippen LogP contribution in [0.1, 0.15) is 35.6 Å². The Labute approximate surface area is 143 Å². The van der Waals surface area contributed by atoms with Gasteiger partial charge in [0.1, 0.15) is 0 Å². The molecule has 1 heterocycles. The summed E-state index contributed by atoms with van der Waals surface area (Å²) in [5.41, 5.74) is 3.94. The Balaban J connectivity index is 1.67. The average molecular weight is 314 g/mol. The topological polar surface area (TPSA) is 9.23 Å². The van der Waals surface area contributed by atoms with Gasteiger partial charge in [-0.1, -0.05) is 91.0 Å². The first-order chi connectivity index (χ1) is 11.9. The molecular weight excluding hydrogens is 292 g/mol. The third kappa shape index (κ3) is 2.76. The van der Waals surface area contributed by atoms with Gasteiger partial charge in [0, 0.05) is 5.41 Å². The molecule has 0 amide bonds. The van der Waals surface area contributed by atoms with Gasteiger partial charge in [0.05, 0.1) is 12.7 Å². The van der Waals surface area contributed by atoms with Crippen LogP contribution in [0.2, 0.25) is 0 Å². The van der Waals surface area contributed by atoms with Crippen LogP contribution in [-0.2, 0) is 10.2 Å². The molecule has 0 bridgehead atoms. The van der Waals surface area contributed by atoms with Gasteiger partial charge in [-0.15, -0.1) is 0 Å². The fraction of sp³-hybridized carbons (Fsp3) is 0.217. The summed E-state index contributed by atoms with van der Waals surface area (Å²) in [6.45, 7) is 0.723. The molecule has 0 aromatic heterocycles. The van der Waals surface area contributed by atoms with Crippen molar-refractivity contribution < 1.29 is 4.74 Å². The van der Waals surface area contributed by atoms with E-state index in [2.05, 4.69) is 91.0 Å². The first-order valence-corrected chi connectivity index (χ1v) is 8.66. The molecule has 0 radical (unpaired) electrons. The zero-order chi connectivity index (χ0) is 16.2. The van der Waals surface area contributed by atoms with E-state index in [1.54, 1.807) is 0 Å². The van der Waals surface area contributed by atoms with E-state index in [0.29, 0.717) is 0 Å². The molecular formula is C23H22O. The lowest BCUT2D eigenvalue weighted by Crippen LogP contribution is -2.38. The van der Waals surface area contributed by atoms with E-state index in [0.717, 1.165) is 19.4 Å². The molecule has 1 saturated heterocycles. The van der Waals surface area contributed by atoms with Crippen LogP contribution < -0.4 is 0 Å². The summed E-state index contributed by atoms with van der Waals surface area (Å²) in [5.74, 6) is 0. The molecule has 120 valence electrons. The lowest BCUT2D eigenvalue weighted by molar-refractivity contribution is -0.0206. The van der Waals surface area contributed by atoms with Crippen molar-refractivity contribution in [2.75, 3.05) is 6.61 Å². The molecule has 0 aliphatic carbocycles. The molecule has 1 nitrogen and oxygen atoms in total. The van der Waals surface area contributed by atoms with Crippen molar-refractivity contribution in [3.63, 3.8) is 0 Å². The molecule has 3 aromatic carbocycles. The van der Waals surface area contributed by atoms with Crippen LogP contribution in [0.25, 0.3) is 0 Å². The van der Waals surface area contributed by atoms with Crippen LogP contribution in [0.5, 0.6) is 0 Å². The SMILES string of the molecule is c1ccc(C2CCC(c3ccccc3)(c3ccccc3)CO2)cc1. The van der Waals surface area contributed by atoms with E-state index >= 15 is 0 Å². The molecule has 1 heteroatoms. The van der Waals surface area contributed by atoms with Crippen molar-refractivity contribution in [3.05, 3.63) is 108 Å². The molecule has 0 N–H and O–H groups in total. The Kier molecular flexibility index (Phi) is 4.18. The van der Waals surface area contributed by atoms with Crippen LogP contribution >= 0.6 is 0 Å². The lowest BCUT2D eigenvalue weighted by Gasteiger charge is -2.41. The fourth-order valence-electron chi connectivity index (χ4n) is 3.84. The predicted octanol–water partition coefficient (Wildman–Crippen LogP) is 5.52. The van der Waals surface area contributed by atoms with E-state index < -0.39 is 0 Å². The van der Waals surface area contributed by atoms with Crippen LogP contribution in [0, 0.1) is 0 Å². The molecule has 1 aliphatic rings. The van der Waals surface area contributed by atoms with Gasteiger partial charge >= 0.3 is 0 Å². The third-order valence-electron chi connectivity index (χ3n) is 5.19. The van der Waals surface area contributed by atoms with Gasteiger partial charge in [-0.25, -0.2) is 0 Å². The minimum atomic E-state index is -0.0478. The first-order valence-electron chi connectivity index (χ1n) is 8.66. The molecule has 3 aromatic rings. The molecule has 0 saturated carbocycles. The number of benzene rings is 3. The second-order valence-corrected chi connectivity index (χ2v) is 6.56. The summed E-state index contributed by atoms with van der Waals surface area (Å²) in [6.07, 6.45) is 2.33. The van der Waals surface area contributed by atoms with E-state index in [1.165, 1.54) is 16.7 Å². The highest BCUT2D eigenvalue weighted by atomic mass is 16.5. The summed E-state index contributed by atoms with van der Waals surface area (Å²) < 4.78 is 6.39. The number of hydrogen-bond donors (Lipinski definition) is 0. The zero-order valence-electron chi connectivity index (χ0n) is 13.8. The minimum Gasteiger partial charge on any atom is -0.372 e. The largest absolute Gasteiger partial charge is 0.372 e. The van der Waals surface area contributed by atoms with E-state index in [1.807, 2.05) is 0 Å². The highest BCUT2D eigenvalue weighted by Crippen LogP contribution is 2.44. The standard InChI is InChI=1S/C23H22O/c1-4-10-19(11-5-1)22-16-17-23(18-24-22,20-12-6-2-7-13-20)21-14-8-3-9-15-21/h1-15,22H,16-18H2. The summed E-state index contributed by atoms with van der Waals surface area (Å²) in [5, 5.41) is 0. The second kappa shape index (κ2) is 6.62. The molecule has 4 rings (SSSR count). The quantitative estimate of drug-likeness (QED) is 0.618. The smallest absolute Gasteiger partial charge is 0.0826 e. The monoisotopic (exact) mass is 314 g/mol. The van der Waals surface area contributed by atoms with Gasteiger partial charge in [0.25, 0.3) is 0 Å². The van der Waals surface area contributed by atoms with Gasteiger partial charge in [-0.05, 0) is 29.5 Å². The minimum absolute atomic E-state index is 0.0478. The van der Waals surface area contributed by atoms with Crippen molar-refractivity contribution in [1.29, 1.82) is 0 Å². The average Bonchev–Trinajstić information content (AvgIpc) is 2.70. The summed E-state index contributed by atoms with van der Waals surface area (Å²) >= 11 is 0. The fourth-order valence-corrected chi connectivity index (χ4v) is 3.84.